The molecule has 6 heteroatoms. The second kappa shape index (κ2) is 4.53. The second-order valence-electron chi connectivity index (χ2n) is 5.10. The van der Waals surface area contributed by atoms with Crippen LogP contribution in [0.1, 0.15) is 35.2 Å². The Hall–Kier alpha value is -2.11. The molecule has 0 bridgehead atoms. The summed E-state index contributed by atoms with van der Waals surface area (Å²) >= 11 is 0. The van der Waals surface area contributed by atoms with E-state index in [0.717, 1.165) is 25.1 Å². The number of hydrogen-bond donors (Lipinski definition) is 1. The zero-order valence-corrected chi connectivity index (χ0v) is 11.0. The first kappa shape index (κ1) is 12.0. The van der Waals surface area contributed by atoms with Gasteiger partial charge in [-0.2, -0.15) is 5.10 Å². The maximum Gasteiger partial charge on any atom is 0.260 e. The Morgan fingerprint density at radius 2 is 2.42 bits per heavy atom. The lowest BCUT2D eigenvalue weighted by atomic mass is 9.96. The van der Waals surface area contributed by atoms with Crippen LogP contribution >= 0.6 is 0 Å². The van der Waals surface area contributed by atoms with Crippen LogP contribution in [0.25, 0.3) is 0 Å². The van der Waals surface area contributed by atoms with Crippen molar-refractivity contribution >= 4 is 11.7 Å². The van der Waals surface area contributed by atoms with E-state index in [2.05, 4.69) is 22.5 Å². The number of nitrogens with zero attached hydrogens (tertiary/aromatic N) is 3. The highest BCUT2D eigenvalue weighted by atomic mass is 16.5. The monoisotopic (exact) mass is 260 g/mol. The summed E-state index contributed by atoms with van der Waals surface area (Å²) in [5, 5.41) is 10.8. The fraction of sp³-hybridized carbons (Fsp3) is 0.462. The summed E-state index contributed by atoms with van der Waals surface area (Å²) in [4.78, 5) is 12.2. The van der Waals surface area contributed by atoms with Gasteiger partial charge in [-0.15, -0.1) is 0 Å². The number of hydrogen-bond acceptors (Lipinski definition) is 4. The SMILES string of the molecule is Cc1cc(NC(=O)c2cnn3c2CC(C)CC3)no1. The quantitative estimate of drug-likeness (QED) is 0.896. The van der Waals surface area contributed by atoms with Crippen LogP contribution in [0.15, 0.2) is 16.8 Å². The van der Waals surface area contributed by atoms with E-state index in [-0.39, 0.29) is 5.91 Å². The molecule has 19 heavy (non-hydrogen) atoms. The number of aromatic nitrogens is 3. The van der Waals surface area contributed by atoms with E-state index in [1.165, 1.54) is 0 Å². The van der Waals surface area contributed by atoms with Crippen LogP contribution in [0.3, 0.4) is 0 Å². The molecular formula is C13H16N4O2. The average molecular weight is 260 g/mol. The maximum atomic E-state index is 12.2. The number of carbonyl (C=O) groups excluding carboxylic acids is 1. The van der Waals surface area contributed by atoms with Crippen molar-refractivity contribution in [1.29, 1.82) is 0 Å². The van der Waals surface area contributed by atoms with Crippen LogP contribution in [-0.2, 0) is 13.0 Å². The standard InChI is InChI=1S/C13H16N4O2/c1-8-3-4-17-11(5-8)10(7-14-17)13(18)15-12-6-9(2)19-16-12/h6-8H,3-5H2,1-2H3,(H,15,16,18). The molecule has 2 aromatic heterocycles. The van der Waals surface area contributed by atoms with Gasteiger partial charge in [0.1, 0.15) is 5.76 Å². The van der Waals surface area contributed by atoms with Crippen molar-refractivity contribution in [1.82, 2.24) is 14.9 Å². The van der Waals surface area contributed by atoms with Crippen molar-refractivity contribution in [3.63, 3.8) is 0 Å². The summed E-state index contributed by atoms with van der Waals surface area (Å²) in [5.41, 5.74) is 1.64. The van der Waals surface area contributed by atoms with Gasteiger partial charge in [0.15, 0.2) is 5.82 Å². The summed E-state index contributed by atoms with van der Waals surface area (Å²) in [7, 11) is 0. The number of amides is 1. The Bertz CT molecular complexity index is 614. The van der Waals surface area contributed by atoms with E-state index in [4.69, 9.17) is 4.52 Å². The van der Waals surface area contributed by atoms with Gasteiger partial charge in [-0.1, -0.05) is 12.1 Å². The number of anilines is 1. The molecular weight excluding hydrogens is 244 g/mol. The number of nitrogens with one attached hydrogen (secondary N) is 1. The predicted molar refractivity (Wildman–Crippen MR) is 68.9 cm³/mol. The fourth-order valence-electron chi connectivity index (χ4n) is 2.39. The zero-order chi connectivity index (χ0) is 13.4. The normalized spacial score (nSPS) is 18.1. The second-order valence-corrected chi connectivity index (χ2v) is 5.10. The van der Waals surface area contributed by atoms with E-state index >= 15 is 0 Å². The molecule has 0 aromatic carbocycles. The molecule has 1 atom stereocenters. The van der Waals surface area contributed by atoms with Gasteiger partial charge in [0.2, 0.25) is 0 Å². The molecule has 3 rings (SSSR count). The number of carbonyl (C=O) groups is 1. The van der Waals surface area contributed by atoms with E-state index < -0.39 is 0 Å². The van der Waals surface area contributed by atoms with Crippen LogP contribution in [0.4, 0.5) is 5.82 Å². The van der Waals surface area contributed by atoms with Gasteiger partial charge in [0.05, 0.1) is 17.5 Å². The van der Waals surface area contributed by atoms with E-state index in [9.17, 15) is 4.79 Å². The molecule has 2 aromatic rings. The Morgan fingerprint density at radius 1 is 1.58 bits per heavy atom. The molecule has 1 aliphatic heterocycles. The minimum atomic E-state index is -0.177. The highest BCUT2D eigenvalue weighted by molar-refractivity contribution is 6.04. The molecule has 1 aliphatic rings. The van der Waals surface area contributed by atoms with E-state index in [0.29, 0.717) is 23.1 Å². The summed E-state index contributed by atoms with van der Waals surface area (Å²) in [6, 6.07) is 1.69. The van der Waals surface area contributed by atoms with Crippen LogP contribution in [0, 0.1) is 12.8 Å². The van der Waals surface area contributed by atoms with Crippen LogP contribution < -0.4 is 5.32 Å². The van der Waals surface area contributed by atoms with Gasteiger partial charge in [-0.25, -0.2) is 0 Å². The van der Waals surface area contributed by atoms with Gasteiger partial charge in [0, 0.05) is 12.6 Å². The zero-order valence-electron chi connectivity index (χ0n) is 11.0. The molecule has 0 saturated heterocycles. The van der Waals surface area contributed by atoms with Crippen LogP contribution in [0.5, 0.6) is 0 Å². The summed E-state index contributed by atoms with van der Waals surface area (Å²) < 4.78 is 6.85. The molecule has 0 aliphatic carbocycles. The first-order valence-electron chi connectivity index (χ1n) is 6.43. The van der Waals surface area contributed by atoms with E-state index in [1.54, 1.807) is 19.2 Å². The third-order valence-corrected chi connectivity index (χ3v) is 3.44. The lowest BCUT2D eigenvalue weighted by Crippen LogP contribution is -2.21. The summed E-state index contributed by atoms with van der Waals surface area (Å²) in [5.74, 6) is 1.51. The molecule has 1 amide bonds. The molecule has 1 unspecified atom stereocenters. The van der Waals surface area contributed by atoms with Crippen LogP contribution in [0.2, 0.25) is 0 Å². The van der Waals surface area contributed by atoms with Crippen molar-refractivity contribution < 1.29 is 9.32 Å². The Balaban J connectivity index is 1.82. The molecule has 1 N–H and O–H groups in total. The van der Waals surface area contributed by atoms with E-state index in [1.807, 2.05) is 4.68 Å². The molecule has 100 valence electrons. The first-order valence-corrected chi connectivity index (χ1v) is 6.43. The van der Waals surface area contributed by atoms with Gasteiger partial charge in [-0.3, -0.25) is 9.48 Å². The lowest BCUT2D eigenvalue weighted by molar-refractivity contribution is 0.102. The Kier molecular flexibility index (Phi) is 2.85. The third kappa shape index (κ3) is 2.25. The Labute approximate surface area is 110 Å². The highest BCUT2D eigenvalue weighted by Crippen LogP contribution is 2.23. The largest absolute Gasteiger partial charge is 0.360 e. The predicted octanol–water partition coefficient (Wildman–Crippen LogP) is 2.01. The molecule has 0 fully saturated rings. The number of fused-ring (bicyclic) bond motifs is 1. The van der Waals surface area contributed by atoms with Crippen molar-refractivity contribution in [3.8, 4) is 0 Å². The number of rotatable bonds is 2. The average Bonchev–Trinajstić information content (AvgIpc) is 2.95. The molecule has 0 saturated carbocycles. The van der Waals surface area contributed by atoms with Crippen molar-refractivity contribution in [2.45, 2.75) is 33.2 Å². The smallest absolute Gasteiger partial charge is 0.260 e. The van der Waals surface area contributed by atoms with Crippen molar-refractivity contribution in [3.05, 3.63) is 29.3 Å². The maximum absolute atomic E-state index is 12.2. The molecule has 3 heterocycles. The van der Waals surface area contributed by atoms with Crippen molar-refractivity contribution in [2.24, 2.45) is 5.92 Å². The van der Waals surface area contributed by atoms with Crippen LogP contribution in [-0.4, -0.2) is 20.8 Å². The van der Waals surface area contributed by atoms with Gasteiger partial charge >= 0.3 is 0 Å². The summed E-state index contributed by atoms with van der Waals surface area (Å²) in [6.07, 6.45) is 3.63. The summed E-state index contributed by atoms with van der Waals surface area (Å²) in [6.45, 7) is 4.86. The van der Waals surface area contributed by atoms with Gasteiger partial charge in [-0.05, 0) is 25.7 Å². The highest BCUT2D eigenvalue weighted by Gasteiger charge is 2.23. The Morgan fingerprint density at radius 3 is 3.16 bits per heavy atom. The lowest BCUT2D eigenvalue weighted by Gasteiger charge is -2.20. The topological polar surface area (TPSA) is 73.0 Å². The van der Waals surface area contributed by atoms with Crippen molar-refractivity contribution in [2.75, 3.05) is 5.32 Å². The minimum Gasteiger partial charge on any atom is -0.360 e. The fourth-order valence-corrected chi connectivity index (χ4v) is 2.39. The minimum absolute atomic E-state index is 0.177. The van der Waals surface area contributed by atoms with Gasteiger partial charge in [0.25, 0.3) is 5.91 Å². The third-order valence-electron chi connectivity index (χ3n) is 3.44. The molecule has 0 spiro atoms. The molecule has 0 radical (unpaired) electrons. The number of aryl methyl sites for hydroxylation is 2. The van der Waals surface area contributed by atoms with Gasteiger partial charge < -0.3 is 9.84 Å². The molecule has 6 nitrogen and oxygen atoms in total. The first-order chi connectivity index (χ1) is 9.13.